The minimum atomic E-state index is -0.254. The summed E-state index contributed by atoms with van der Waals surface area (Å²) in [5.41, 5.74) is 2.26. The van der Waals surface area contributed by atoms with Gasteiger partial charge in [0.2, 0.25) is 0 Å². The van der Waals surface area contributed by atoms with E-state index in [9.17, 15) is 4.79 Å². The average molecular weight is 326 g/mol. The van der Waals surface area contributed by atoms with Gasteiger partial charge in [-0.3, -0.25) is 10.1 Å². The third kappa shape index (κ3) is 4.93. The number of ether oxygens (including phenoxy) is 1. The van der Waals surface area contributed by atoms with E-state index in [0.29, 0.717) is 23.6 Å². The predicted molar refractivity (Wildman–Crippen MR) is 97.0 cm³/mol. The quantitative estimate of drug-likeness (QED) is 0.650. The largest absolute Gasteiger partial charge is 0.487 e. The van der Waals surface area contributed by atoms with Gasteiger partial charge >= 0.3 is 0 Å². The number of amides is 1. The van der Waals surface area contributed by atoms with Crippen molar-refractivity contribution < 1.29 is 9.53 Å². The predicted octanol–water partition coefficient (Wildman–Crippen LogP) is 3.69. The van der Waals surface area contributed by atoms with Gasteiger partial charge in [0.1, 0.15) is 12.4 Å². The van der Waals surface area contributed by atoms with E-state index in [-0.39, 0.29) is 11.0 Å². The number of rotatable bonds is 5. The van der Waals surface area contributed by atoms with Gasteiger partial charge in [0, 0.05) is 5.56 Å². The van der Waals surface area contributed by atoms with E-state index in [0.717, 1.165) is 5.56 Å². The zero-order valence-corrected chi connectivity index (χ0v) is 13.7. The van der Waals surface area contributed by atoms with E-state index in [4.69, 9.17) is 17.0 Å². The SMILES string of the molecule is C=CCOc1ccccc1NC(=S)NC(=O)c1cccc(C)c1. The zero-order valence-electron chi connectivity index (χ0n) is 12.8. The van der Waals surface area contributed by atoms with Gasteiger partial charge in [-0.15, -0.1) is 0 Å². The van der Waals surface area contributed by atoms with E-state index in [1.54, 1.807) is 18.2 Å². The summed E-state index contributed by atoms with van der Waals surface area (Å²) in [6, 6.07) is 14.7. The van der Waals surface area contributed by atoms with Crippen molar-refractivity contribution in [3.63, 3.8) is 0 Å². The monoisotopic (exact) mass is 326 g/mol. The average Bonchev–Trinajstić information content (AvgIpc) is 2.54. The fraction of sp³-hybridized carbons (Fsp3) is 0.111. The van der Waals surface area contributed by atoms with Crippen LogP contribution < -0.4 is 15.4 Å². The fourth-order valence-corrected chi connectivity index (χ4v) is 2.16. The Bertz CT molecular complexity index is 728. The van der Waals surface area contributed by atoms with Crippen LogP contribution in [0.15, 0.2) is 61.2 Å². The van der Waals surface area contributed by atoms with Crippen molar-refractivity contribution in [2.75, 3.05) is 11.9 Å². The molecule has 0 bridgehead atoms. The van der Waals surface area contributed by atoms with Crippen molar-refractivity contribution in [3.05, 3.63) is 72.3 Å². The first-order chi connectivity index (χ1) is 11.1. The second-order valence-electron chi connectivity index (χ2n) is 4.87. The lowest BCUT2D eigenvalue weighted by molar-refractivity contribution is 0.0977. The van der Waals surface area contributed by atoms with E-state index in [1.807, 2.05) is 43.3 Å². The second kappa shape index (κ2) is 8.10. The highest BCUT2D eigenvalue weighted by atomic mass is 32.1. The van der Waals surface area contributed by atoms with Gasteiger partial charge < -0.3 is 10.1 Å². The molecule has 0 fully saturated rings. The van der Waals surface area contributed by atoms with Gasteiger partial charge in [0.05, 0.1) is 5.69 Å². The maximum absolute atomic E-state index is 12.2. The van der Waals surface area contributed by atoms with E-state index in [2.05, 4.69) is 17.2 Å². The Morgan fingerprint density at radius 2 is 2.04 bits per heavy atom. The molecule has 0 spiro atoms. The van der Waals surface area contributed by atoms with Crippen LogP contribution in [0.3, 0.4) is 0 Å². The second-order valence-corrected chi connectivity index (χ2v) is 5.28. The maximum atomic E-state index is 12.2. The molecule has 23 heavy (non-hydrogen) atoms. The molecule has 0 radical (unpaired) electrons. The first kappa shape index (κ1) is 16.7. The topological polar surface area (TPSA) is 50.4 Å². The Kier molecular flexibility index (Phi) is 5.88. The third-order valence-electron chi connectivity index (χ3n) is 3.00. The van der Waals surface area contributed by atoms with E-state index >= 15 is 0 Å². The number of hydrogen-bond acceptors (Lipinski definition) is 3. The van der Waals surface area contributed by atoms with Gasteiger partial charge in [0.15, 0.2) is 5.11 Å². The zero-order chi connectivity index (χ0) is 16.7. The molecule has 0 aliphatic heterocycles. The van der Waals surface area contributed by atoms with Crippen molar-refractivity contribution in [2.45, 2.75) is 6.92 Å². The summed E-state index contributed by atoms with van der Waals surface area (Å²) in [7, 11) is 0. The van der Waals surface area contributed by atoms with Crippen LogP contribution in [-0.2, 0) is 0 Å². The first-order valence-electron chi connectivity index (χ1n) is 7.12. The highest BCUT2D eigenvalue weighted by Crippen LogP contribution is 2.23. The number of anilines is 1. The molecule has 0 unspecified atom stereocenters. The molecular weight excluding hydrogens is 308 g/mol. The van der Waals surface area contributed by atoms with Crippen LogP contribution in [0.5, 0.6) is 5.75 Å². The Morgan fingerprint density at radius 3 is 2.78 bits per heavy atom. The summed E-state index contributed by atoms with van der Waals surface area (Å²) >= 11 is 5.20. The Balaban J connectivity index is 2.02. The molecule has 2 N–H and O–H groups in total. The molecule has 0 aliphatic carbocycles. The summed E-state index contributed by atoms with van der Waals surface area (Å²) < 4.78 is 5.54. The van der Waals surface area contributed by atoms with Crippen molar-refractivity contribution >= 4 is 28.9 Å². The van der Waals surface area contributed by atoms with Crippen molar-refractivity contribution in [1.29, 1.82) is 0 Å². The van der Waals surface area contributed by atoms with Crippen LogP contribution in [0.2, 0.25) is 0 Å². The number of hydrogen-bond donors (Lipinski definition) is 2. The van der Waals surface area contributed by atoms with Gasteiger partial charge in [-0.05, 0) is 43.4 Å². The molecular formula is C18H18N2O2S. The summed E-state index contributed by atoms with van der Waals surface area (Å²) in [5, 5.41) is 5.85. The van der Waals surface area contributed by atoms with Crippen LogP contribution in [0.25, 0.3) is 0 Å². The Labute approximate surface area is 141 Å². The van der Waals surface area contributed by atoms with Crippen LogP contribution in [-0.4, -0.2) is 17.6 Å². The number of nitrogens with one attached hydrogen (secondary N) is 2. The Hall–Kier alpha value is -2.66. The smallest absolute Gasteiger partial charge is 0.257 e. The van der Waals surface area contributed by atoms with Gasteiger partial charge in [-0.2, -0.15) is 0 Å². The summed E-state index contributed by atoms with van der Waals surface area (Å²) in [5.74, 6) is 0.384. The molecule has 0 aromatic heterocycles. The molecule has 118 valence electrons. The number of para-hydroxylation sites is 2. The minimum absolute atomic E-state index is 0.214. The number of aryl methyl sites for hydroxylation is 1. The molecule has 1 amide bonds. The van der Waals surface area contributed by atoms with Crippen LogP contribution >= 0.6 is 12.2 Å². The lowest BCUT2D eigenvalue weighted by atomic mass is 10.1. The lowest BCUT2D eigenvalue weighted by Crippen LogP contribution is -2.34. The summed E-state index contributed by atoms with van der Waals surface area (Å²) in [6.07, 6.45) is 1.66. The molecule has 2 rings (SSSR count). The molecule has 0 saturated carbocycles. The maximum Gasteiger partial charge on any atom is 0.257 e. The summed E-state index contributed by atoms with van der Waals surface area (Å²) in [4.78, 5) is 12.2. The van der Waals surface area contributed by atoms with E-state index in [1.165, 1.54) is 0 Å². The molecule has 0 aliphatic rings. The molecule has 0 saturated heterocycles. The van der Waals surface area contributed by atoms with Crippen LogP contribution in [0.4, 0.5) is 5.69 Å². The molecule has 4 nitrogen and oxygen atoms in total. The lowest BCUT2D eigenvalue weighted by Gasteiger charge is -2.13. The normalized spacial score (nSPS) is 9.78. The van der Waals surface area contributed by atoms with Gasteiger partial charge in [0.25, 0.3) is 5.91 Å². The third-order valence-corrected chi connectivity index (χ3v) is 3.20. The van der Waals surface area contributed by atoms with Crippen LogP contribution in [0, 0.1) is 6.92 Å². The van der Waals surface area contributed by atoms with Crippen molar-refractivity contribution in [3.8, 4) is 5.75 Å². The van der Waals surface area contributed by atoms with Crippen molar-refractivity contribution in [1.82, 2.24) is 5.32 Å². The van der Waals surface area contributed by atoms with E-state index < -0.39 is 0 Å². The van der Waals surface area contributed by atoms with Crippen molar-refractivity contribution in [2.24, 2.45) is 0 Å². The number of thiocarbonyl (C=S) groups is 1. The van der Waals surface area contributed by atoms with Gasteiger partial charge in [-0.1, -0.05) is 42.5 Å². The fourth-order valence-electron chi connectivity index (χ4n) is 1.96. The van der Waals surface area contributed by atoms with Crippen LogP contribution in [0.1, 0.15) is 15.9 Å². The number of carbonyl (C=O) groups excluding carboxylic acids is 1. The number of benzene rings is 2. The molecule has 0 heterocycles. The minimum Gasteiger partial charge on any atom is -0.487 e. The molecule has 2 aromatic rings. The van der Waals surface area contributed by atoms with Gasteiger partial charge in [-0.25, -0.2) is 0 Å². The first-order valence-corrected chi connectivity index (χ1v) is 7.52. The molecule has 0 atom stereocenters. The standard InChI is InChI=1S/C18H18N2O2S/c1-3-11-22-16-10-5-4-9-15(16)19-18(23)20-17(21)14-8-6-7-13(2)12-14/h3-10,12H,1,11H2,2H3,(H2,19,20,21,23). The highest BCUT2D eigenvalue weighted by molar-refractivity contribution is 7.80. The highest BCUT2D eigenvalue weighted by Gasteiger charge is 2.09. The molecule has 5 heteroatoms. The Morgan fingerprint density at radius 1 is 1.26 bits per heavy atom. The number of carbonyl (C=O) groups is 1. The summed E-state index contributed by atoms with van der Waals surface area (Å²) in [6.45, 7) is 5.94. The molecule has 2 aromatic carbocycles.